The number of pyridine rings is 1. The first kappa shape index (κ1) is 44.8. The summed E-state index contributed by atoms with van der Waals surface area (Å²) in [4.78, 5) is 52.7. The SMILES string of the molecule is Cc1ncsc1-c1ccc(CNC(=O)[C@@H]2C[C@@H](O)CN2C[C@@H](NC(=O)COCCOCCOCC(=O)N(C)c2ccc3ncc(-c4ccccc4Cl)n3c2)C(C)(C)C)cc1. The van der Waals surface area contributed by atoms with E-state index in [1.807, 2.05) is 109 Å². The topological polar surface area (TPSA) is 160 Å². The van der Waals surface area contributed by atoms with Gasteiger partial charge in [0.2, 0.25) is 11.8 Å². The molecular weight excluding hydrogens is 806 g/mol. The van der Waals surface area contributed by atoms with Gasteiger partial charge in [0.1, 0.15) is 18.9 Å². The summed E-state index contributed by atoms with van der Waals surface area (Å²) in [5.74, 6) is -0.670. The predicted molar refractivity (Wildman–Crippen MR) is 233 cm³/mol. The van der Waals surface area contributed by atoms with Crippen molar-refractivity contribution in [3.63, 3.8) is 0 Å². The summed E-state index contributed by atoms with van der Waals surface area (Å²) in [6.07, 6.45) is 3.27. The maximum Gasteiger partial charge on any atom is 0.252 e. The molecule has 14 nitrogen and oxygen atoms in total. The predicted octanol–water partition coefficient (Wildman–Crippen LogP) is 5.38. The van der Waals surface area contributed by atoms with Crippen molar-refractivity contribution in [3.05, 3.63) is 94.8 Å². The summed E-state index contributed by atoms with van der Waals surface area (Å²) in [6, 6.07) is 18.4. The van der Waals surface area contributed by atoms with E-state index in [0.29, 0.717) is 36.8 Å². The Balaban J connectivity index is 0.870. The minimum absolute atomic E-state index is 0.129. The molecule has 60 heavy (non-hydrogen) atoms. The molecule has 0 unspecified atom stereocenters. The summed E-state index contributed by atoms with van der Waals surface area (Å²) in [5, 5.41) is 17.3. The first-order chi connectivity index (χ1) is 28.8. The minimum Gasteiger partial charge on any atom is -0.392 e. The molecule has 3 aromatic heterocycles. The number of nitrogens with zero attached hydrogens (tertiary/aromatic N) is 5. The maximum atomic E-state index is 13.4. The molecule has 1 saturated heterocycles. The summed E-state index contributed by atoms with van der Waals surface area (Å²) in [5.41, 5.74) is 7.61. The zero-order valence-electron chi connectivity index (χ0n) is 34.7. The number of amides is 3. The molecule has 16 heteroatoms. The quantitative estimate of drug-likeness (QED) is 0.0921. The fourth-order valence-electron chi connectivity index (χ4n) is 6.96. The molecule has 3 atom stereocenters. The van der Waals surface area contributed by atoms with E-state index in [4.69, 9.17) is 25.8 Å². The number of aromatic nitrogens is 3. The molecule has 6 rings (SSSR count). The van der Waals surface area contributed by atoms with E-state index in [2.05, 4.69) is 20.6 Å². The number of fused-ring (bicyclic) bond motifs is 1. The monoisotopic (exact) mass is 859 g/mol. The number of ether oxygens (including phenoxy) is 3. The van der Waals surface area contributed by atoms with Gasteiger partial charge in [-0.3, -0.25) is 23.7 Å². The number of hydrogen-bond acceptors (Lipinski definition) is 11. The summed E-state index contributed by atoms with van der Waals surface area (Å²) in [7, 11) is 1.69. The first-order valence-electron chi connectivity index (χ1n) is 20.0. The molecule has 320 valence electrons. The van der Waals surface area contributed by atoms with Gasteiger partial charge in [-0.2, -0.15) is 0 Å². The van der Waals surface area contributed by atoms with Gasteiger partial charge in [-0.05, 0) is 48.1 Å². The highest BCUT2D eigenvalue weighted by Gasteiger charge is 2.39. The average Bonchev–Trinajstić information content (AvgIpc) is 3.96. The summed E-state index contributed by atoms with van der Waals surface area (Å²) in [6.45, 7) is 9.74. The Hall–Kier alpha value is -4.74. The lowest BCUT2D eigenvalue weighted by molar-refractivity contribution is -0.128. The number of benzene rings is 2. The normalized spacial score (nSPS) is 16.2. The number of likely N-dealkylation sites (tertiary alicyclic amines) is 1. The molecule has 3 amide bonds. The fourth-order valence-corrected chi connectivity index (χ4v) is 8.00. The number of nitrogens with one attached hydrogen (secondary N) is 2. The lowest BCUT2D eigenvalue weighted by Crippen LogP contribution is -2.54. The third kappa shape index (κ3) is 11.8. The molecular formula is C44H54ClN7O7S. The van der Waals surface area contributed by atoms with E-state index in [0.717, 1.165) is 38.6 Å². The van der Waals surface area contributed by atoms with Gasteiger partial charge in [0.25, 0.3) is 5.91 Å². The molecule has 0 aliphatic carbocycles. The molecule has 0 saturated carbocycles. The smallest absolute Gasteiger partial charge is 0.252 e. The van der Waals surface area contributed by atoms with Crippen molar-refractivity contribution in [2.45, 2.75) is 58.8 Å². The Labute approximate surface area is 359 Å². The molecule has 4 heterocycles. The molecule has 1 aliphatic heterocycles. The van der Waals surface area contributed by atoms with Crippen LogP contribution in [0.25, 0.3) is 27.3 Å². The third-order valence-electron chi connectivity index (χ3n) is 10.5. The van der Waals surface area contributed by atoms with Crippen molar-refractivity contribution in [3.8, 4) is 21.7 Å². The maximum absolute atomic E-state index is 13.4. The Bertz CT molecular complexity index is 2220. The van der Waals surface area contributed by atoms with Crippen molar-refractivity contribution in [2.24, 2.45) is 5.41 Å². The number of aryl methyl sites for hydroxylation is 1. The van der Waals surface area contributed by atoms with Crippen LogP contribution in [0.2, 0.25) is 5.02 Å². The third-order valence-corrected chi connectivity index (χ3v) is 11.8. The Morgan fingerprint density at radius 2 is 1.70 bits per heavy atom. The zero-order chi connectivity index (χ0) is 42.8. The molecule has 5 aromatic rings. The van der Waals surface area contributed by atoms with Gasteiger partial charge in [0.05, 0.1) is 72.2 Å². The van der Waals surface area contributed by atoms with Gasteiger partial charge in [-0.1, -0.05) is 74.8 Å². The number of anilines is 1. The molecule has 1 aliphatic rings. The van der Waals surface area contributed by atoms with Gasteiger partial charge in [0.15, 0.2) is 0 Å². The standard InChI is InChI=1S/C44H54ClN7O7S/c1-29-42(60-28-48-29)31-12-10-30(11-13-31)21-47-43(56)36-20-33(53)24-51(36)25-38(44(2,3)4)49-40(54)26-58-18-16-57-17-19-59-27-41(55)50(5)32-14-15-39-46-22-37(52(39)23-32)34-8-6-7-9-35(34)45/h6-15,22-23,28,33,36,38,53H,16-21,24-27H2,1-5H3,(H,47,56)(H,49,54)/t33-,36+,38-/m1/s1. The highest BCUT2D eigenvalue weighted by molar-refractivity contribution is 7.13. The van der Waals surface area contributed by atoms with Crippen LogP contribution in [0.5, 0.6) is 0 Å². The number of imidazole rings is 1. The molecule has 2 aromatic carbocycles. The van der Waals surface area contributed by atoms with Crippen LogP contribution in [-0.4, -0.2) is 120 Å². The second-order valence-corrected chi connectivity index (χ2v) is 17.2. The van der Waals surface area contributed by atoms with E-state index in [1.165, 1.54) is 4.90 Å². The van der Waals surface area contributed by atoms with Gasteiger partial charge < -0.3 is 34.9 Å². The number of β-amino-alcohol motifs (C(OH)–C–C–N with tert-alkyl or cyclic N) is 1. The molecule has 1 fully saturated rings. The van der Waals surface area contributed by atoms with E-state index < -0.39 is 12.1 Å². The van der Waals surface area contributed by atoms with Crippen molar-refractivity contribution in [2.75, 3.05) is 64.7 Å². The highest BCUT2D eigenvalue weighted by atomic mass is 35.5. The number of aliphatic hydroxyl groups excluding tert-OH is 1. The van der Waals surface area contributed by atoms with Crippen LogP contribution < -0.4 is 15.5 Å². The van der Waals surface area contributed by atoms with Crippen molar-refractivity contribution < 1.29 is 33.7 Å². The first-order valence-corrected chi connectivity index (χ1v) is 21.2. The number of likely N-dealkylation sites (N-methyl/N-ethyl adjacent to an activating group) is 1. The van der Waals surface area contributed by atoms with Crippen LogP contribution in [0.1, 0.15) is 38.4 Å². The van der Waals surface area contributed by atoms with Crippen LogP contribution in [0.15, 0.2) is 78.6 Å². The second kappa shape index (κ2) is 20.7. The lowest BCUT2D eigenvalue weighted by Gasteiger charge is -2.36. The number of rotatable bonds is 19. The average molecular weight is 860 g/mol. The highest BCUT2D eigenvalue weighted by Crippen LogP contribution is 2.30. The van der Waals surface area contributed by atoms with Crippen LogP contribution in [0, 0.1) is 12.3 Å². The lowest BCUT2D eigenvalue weighted by atomic mass is 9.86. The van der Waals surface area contributed by atoms with Crippen LogP contribution in [-0.2, 0) is 35.1 Å². The summed E-state index contributed by atoms with van der Waals surface area (Å²) < 4.78 is 18.6. The van der Waals surface area contributed by atoms with E-state index in [9.17, 15) is 19.5 Å². The molecule has 0 radical (unpaired) electrons. The Morgan fingerprint density at radius 1 is 0.983 bits per heavy atom. The van der Waals surface area contributed by atoms with E-state index in [-0.39, 0.29) is 68.8 Å². The minimum atomic E-state index is -0.645. The van der Waals surface area contributed by atoms with Gasteiger partial charge in [-0.25, -0.2) is 9.97 Å². The number of halogens is 1. The molecule has 3 N–H and O–H groups in total. The second-order valence-electron chi connectivity index (χ2n) is 15.9. The number of thiazole rings is 1. The van der Waals surface area contributed by atoms with Crippen molar-refractivity contribution >= 4 is 52.0 Å². The Kier molecular flexibility index (Phi) is 15.4. The van der Waals surface area contributed by atoms with Crippen molar-refractivity contribution in [1.82, 2.24) is 29.9 Å². The summed E-state index contributed by atoms with van der Waals surface area (Å²) >= 11 is 8.03. The van der Waals surface area contributed by atoms with E-state index >= 15 is 0 Å². The van der Waals surface area contributed by atoms with Crippen molar-refractivity contribution in [1.29, 1.82) is 0 Å². The number of carbonyl (C=O) groups is 3. The van der Waals surface area contributed by atoms with Crippen LogP contribution in [0.4, 0.5) is 5.69 Å². The Morgan fingerprint density at radius 3 is 2.40 bits per heavy atom. The van der Waals surface area contributed by atoms with Gasteiger partial charge >= 0.3 is 0 Å². The van der Waals surface area contributed by atoms with Gasteiger partial charge in [-0.15, -0.1) is 11.3 Å². The number of carbonyl (C=O) groups excluding carboxylic acids is 3. The van der Waals surface area contributed by atoms with Gasteiger partial charge in [0, 0.05) is 49.5 Å². The largest absolute Gasteiger partial charge is 0.392 e. The fraction of sp³-hybridized carbons (Fsp3) is 0.432. The molecule has 0 spiro atoms. The van der Waals surface area contributed by atoms with Crippen LogP contribution in [0.3, 0.4) is 0 Å². The number of hydrogen-bond donors (Lipinski definition) is 3. The van der Waals surface area contributed by atoms with Crippen LogP contribution >= 0.6 is 22.9 Å². The van der Waals surface area contributed by atoms with E-state index in [1.54, 1.807) is 24.6 Å². The molecule has 0 bridgehead atoms. The zero-order valence-corrected chi connectivity index (χ0v) is 36.3. The number of aliphatic hydroxyl groups is 1.